The van der Waals surface area contributed by atoms with Crippen LogP contribution in [0.25, 0.3) is 0 Å². The molecule has 0 fully saturated rings. The zero-order valence-corrected chi connectivity index (χ0v) is 14.3. The van der Waals surface area contributed by atoms with Crippen LogP contribution >= 0.6 is 11.8 Å². The molecule has 0 aliphatic rings. The molecule has 0 radical (unpaired) electrons. The lowest BCUT2D eigenvalue weighted by molar-refractivity contribution is 0.340. The minimum Gasteiger partial charge on any atom is -0.494 e. The van der Waals surface area contributed by atoms with Gasteiger partial charge in [0.2, 0.25) is 0 Å². The van der Waals surface area contributed by atoms with E-state index >= 15 is 0 Å². The number of hydrogen-bond donors (Lipinski definition) is 1. The molecule has 0 spiro atoms. The highest BCUT2D eigenvalue weighted by molar-refractivity contribution is 8.00. The van der Waals surface area contributed by atoms with Gasteiger partial charge in [-0.15, -0.1) is 0 Å². The Balaban J connectivity index is 2.70. The molecular formula is C17H29NOS. The van der Waals surface area contributed by atoms with Crippen molar-refractivity contribution in [3.05, 3.63) is 29.8 Å². The van der Waals surface area contributed by atoms with E-state index in [0.717, 1.165) is 31.1 Å². The van der Waals surface area contributed by atoms with Crippen LogP contribution in [0, 0.1) is 0 Å². The van der Waals surface area contributed by atoms with Crippen LogP contribution < -0.4 is 10.1 Å². The third kappa shape index (κ3) is 6.67. The Labute approximate surface area is 128 Å². The van der Waals surface area contributed by atoms with Gasteiger partial charge in [0.1, 0.15) is 5.75 Å². The molecule has 0 aliphatic heterocycles. The van der Waals surface area contributed by atoms with Gasteiger partial charge in [-0.25, -0.2) is 0 Å². The highest BCUT2D eigenvalue weighted by atomic mass is 32.2. The van der Waals surface area contributed by atoms with Crippen LogP contribution in [0.1, 0.15) is 52.6 Å². The van der Waals surface area contributed by atoms with Crippen molar-refractivity contribution in [1.29, 1.82) is 0 Å². The van der Waals surface area contributed by atoms with E-state index in [9.17, 15) is 0 Å². The fourth-order valence-corrected chi connectivity index (χ4v) is 2.86. The smallest absolute Gasteiger partial charge is 0.119 e. The second kappa shape index (κ2) is 8.58. The molecule has 114 valence electrons. The summed E-state index contributed by atoms with van der Waals surface area (Å²) in [5.41, 5.74) is 1.35. The van der Waals surface area contributed by atoms with Crippen LogP contribution in [0.3, 0.4) is 0 Å². The van der Waals surface area contributed by atoms with Gasteiger partial charge in [-0.05, 0) is 37.6 Å². The van der Waals surface area contributed by atoms with E-state index in [4.69, 9.17) is 4.74 Å². The molecule has 1 aromatic carbocycles. The minimum absolute atomic E-state index is 0.303. The molecule has 1 unspecified atom stereocenters. The van der Waals surface area contributed by atoms with Gasteiger partial charge in [-0.3, -0.25) is 0 Å². The SMILES string of the molecule is CCCNC(CSC(C)(C)C)c1ccc(OCC)cc1. The lowest BCUT2D eigenvalue weighted by Crippen LogP contribution is -2.26. The van der Waals surface area contributed by atoms with E-state index in [1.54, 1.807) is 0 Å². The zero-order valence-electron chi connectivity index (χ0n) is 13.5. The fourth-order valence-electron chi connectivity index (χ4n) is 1.89. The van der Waals surface area contributed by atoms with E-state index in [1.807, 2.05) is 18.7 Å². The van der Waals surface area contributed by atoms with E-state index < -0.39 is 0 Å². The zero-order chi connectivity index (χ0) is 15.0. The molecule has 3 heteroatoms. The van der Waals surface area contributed by atoms with E-state index in [0.29, 0.717) is 10.8 Å². The molecule has 1 atom stereocenters. The first-order valence-corrected chi connectivity index (χ1v) is 8.55. The monoisotopic (exact) mass is 295 g/mol. The molecular weight excluding hydrogens is 266 g/mol. The van der Waals surface area contributed by atoms with Crippen LogP contribution in [-0.4, -0.2) is 23.7 Å². The normalized spacial score (nSPS) is 13.2. The van der Waals surface area contributed by atoms with Gasteiger partial charge in [-0.2, -0.15) is 11.8 Å². The predicted octanol–water partition coefficient (Wildman–Crippen LogP) is 4.66. The van der Waals surface area contributed by atoms with Crippen LogP contribution in [0.15, 0.2) is 24.3 Å². The number of ether oxygens (including phenoxy) is 1. The van der Waals surface area contributed by atoms with Crippen LogP contribution in [0.4, 0.5) is 0 Å². The molecule has 0 heterocycles. The molecule has 0 amide bonds. The molecule has 0 saturated heterocycles. The van der Waals surface area contributed by atoms with Crippen LogP contribution in [0.5, 0.6) is 5.75 Å². The van der Waals surface area contributed by atoms with Gasteiger partial charge in [0.25, 0.3) is 0 Å². The van der Waals surface area contributed by atoms with Crippen molar-refractivity contribution in [1.82, 2.24) is 5.32 Å². The summed E-state index contributed by atoms with van der Waals surface area (Å²) in [6, 6.07) is 8.92. The highest BCUT2D eigenvalue weighted by Crippen LogP contribution is 2.29. The van der Waals surface area contributed by atoms with E-state index in [-0.39, 0.29) is 0 Å². The highest BCUT2D eigenvalue weighted by Gasteiger charge is 2.16. The lowest BCUT2D eigenvalue weighted by atomic mass is 10.1. The van der Waals surface area contributed by atoms with Crippen LogP contribution in [0.2, 0.25) is 0 Å². The Kier molecular flexibility index (Phi) is 7.46. The number of hydrogen-bond acceptors (Lipinski definition) is 3. The summed E-state index contributed by atoms with van der Waals surface area (Å²) in [7, 11) is 0. The number of nitrogens with one attached hydrogen (secondary N) is 1. The second-order valence-electron chi connectivity index (χ2n) is 5.93. The summed E-state index contributed by atoms with van der Waals surface area (Å²) in [6.45, 7) is 12.8. The van der Waals surface area contributed by atoms with Crippen molar-refractivity contribution in [2.75, 3.05) is 18.9 Å². The standard InChI is InChI=1S/C17H29NOS/c1-6-12-18-16(13-20-17(3,4)5)14-8-10-15(11-9-14)19-7-2/h8-11,16,18H,6-7,12-13H2,1-5H3. The Morgan fingerprint density at radius 2 is 1.80 bits per heavy atom. The first kappa shape index (κ1) is 17.4. The molecule has 1 N–H and O–H groups in total. The maximum absolute atomic E-state index is 5.51. The van der Waals surface area contributed by atoms with Gasteiger partial charge in [0.05, 0.1) is 6.61 Å². The molecule has 0 bridgehead atoms. The minimum atomic E-state index is 0.303. The van der Waals surface area contributed by atoms with E-state index in [2.05, 4.69) is 57.3 Å². The van der Waals surface area contributed by atoms with E-state index in [1.165, 1.54) is 5.56 Å². The van der Waals surface area contributed by atoms with Crippen molar-refractivity contribution >= 4 is 11.8 Å². The Hall–Kier alpha value is -0.670. The van der Waals surface area contributed by atoms with Crippen molar-refractivity contribution < 1.29 is 4.74 Å². The van der Waals surface area contributed by atoms with Crippen molar-refractivity contribution in [2.45, 2.75) is 51.8 Å². The van der Waals surface area contributed by atoms with Gasteiger partial charge >= 0.3 is 0 Å². The molecule has 1 aromatic rings. The Morgan fingerprint density at radius 3 is 2.30 bits per heavy atom. The van der Waals surface area contributed by atoms with Crippen molar-refractivity contribution in [3.63, 3.8) is 0 Å². The fraction of sp³-hybridized carbons (Fsp3) is 0.647. The molecule has 0 saturated carbocycles. The first-order valence-electron chi connectivity index (χ1n) is 7.56. The summed E-state index contributed by atoms with van der Waals surface area (Å²) in [4.78, 5) is 0. The Bertz CT molecular complexity index is 370. The summed E-state index contributed by atoms with van der Waals surface area (Å²) < 4.78 is 5.81. The third-order valence-electron chi connectivity index (χ3n) is 2.92. The molecule has 20 heavy (non-hydrogen) atoms. The molecule has 0 aliphatic carbocycles. The summed E-state index contributed by atoms with van der Waals surface area (Å²) >= 11 is 2.01. The maximum atomic E-state index is 5.51. The number of benzene rings is 1. The molecule has 2 nitrogen and oxygen atoms in total. The maximum Gasteiger partial charge on any atom is 0.119 e. The van der Waals surface area contributed by atoms with Gasteiger partial charge in [-0.1, -0.05) is 39.8 Å². The van der Waals surface area contributed by atoms with Gasteiger partial charge in [0.15, 0.2) is 0 Å². The largest absolute Gasteiger partial charge is 0.494 e. The average molecular weight is 295 g/mol. The third-order valence-corrected chi connectivity index (χ3v) is 4.28. The summed E-state index contributed by atoms with van der Waals surface area (Å²) in [6.07, 6.45) is 1.16. The average Bonchev–Trinajstić information content (AvgIpc) is 2.39. The van der Waals surface area contributed by atoms with Crippen molar-refractivity contribution in [2.24, 2.45) is 0 Å². The summed E-state index contributed by atoms with van der Waals surface area (Å²) in [5.74, 6) is 2.05. The topological polar surface area (TPSA) is 21.3 Å². The number of rotatable bonds is 8. The van der Waals surface area contributed by atoms with Gasteiger partial charge < -0.3 is 10.1 Å². The van der Waals surface area contributed by atoms with Gasteiger partial charge in [0, 0.05) is 16.5 Å². The van der Waals surface area contributed by atoms with Crippen LogP contribution in [-0.2, 0) is 0 Å². The lowest BCUT2D eigenvalue weighted by Gasteiger charge is -2.24. The van der Waals surface area contributed by atoms with Crippen molar-refractivity contribution in [3.8, 4) is 5.75 Å². The second-order valence-corrected chi connectivity index (χ2v) is 7.78. The predicted molar refractivity (Wildman–Crippen MR) is 90.9 cm³/mol. The molecule has 0 aromatic heterocycles. The Morgan fingerprint density at radius 1 is 1.15 bits per heavy atom. The molecule has 1 rings (SSSR count). The number of thioether (sulfide) groups is 1. The quantitative estimate of drug-likeness (QED) is 0.754. The first-order chi connectivity index (χ1) is 9.46. The summed E-state index contributed by atoms with van der Waals surface area (Å²) in [5, 5.41) is 3.65.